The van der Waals surface area contributed by atoms with Gasteiger partial charge in [0.1, 0.15) is 0 Å². The van der Waals surface area contributed by atoms with Crippen molar-refractivity contribution in [2.45, 2.75) is 6.42 Å². The van der Waals surface area contributed by atoms with E-state index in [4.69, 9.17) is 33.8 Å². The topological polar surface area (TPSA) is 66.3 Å². The summed E-state index contributed by atoms with van der Waals surface area (Å²) in [6, 6.07) is 13.7. The Morgan fingerprint density at radius 1 is 1.14 bits per heavy atom. The highest BCUT2D eigenvalue weighted by Crippen LogP contribution is 2.20. The monoisotopic (exact) mass is 323 g/mol. The third kappa shape index (κ3) is 4.48. The van der Waals surface area contributed by atoms with Gasteiger partial charge in [0.2, 0.25) is 0 Å². The summed E-state index contributed by atoms with van der Waals surface area (Å²) < 4.78 is 0. The Morgan fingerprint density at radius 3 is 2.52 bits per heavy atom. The Hall–Kier alpha value is -2.04. The zero-order chi connectivity index (χ0) is 15.2. The standard InChI is InChI=1S/C15H12Cl2N2O2/c16-12-7-6-11(13(17)9-12)8-14(18)19-21-15(20)10-4-2-1-3-5-10/h1-7,9H,8H2,(H2,18,19)/p+1. The van der Waals surface area contributed by atoms with Crippen LogP contribution in [-0.2, 0) is 11.3 Å². The maximum atomic E-state index is 11.7. The maximum absolute atomic E-state index is 11.7. The minimum absolute atomic E-state index is 0.267. The lowest BCUT2D eigenvalue weighted by Crippen LogP contribution is -2.75. The van der Waals surface area contributed by atoms with Crippen LogP contribution in [0.25, 0.3) is 0 Å². The fourth-order valence-electron chi connectivity index (χ4n) is 1.65. The second kappa shape index (κ2) is 7.11. The molecule has 0 aliphatic carbocycles. The molecule has 0 saturated carbocycles. The molecule has 0 atom stereocenters. The zero-order valence-corrected chi connectivity index (χ0v) is 12.5. The number of nitrogens with two attached hydrogens (primary N) is 1. The second-order valence-corrected chi connectivity index (χ2v) is 5.14. The lowest BCUT2D eigenvalue weighted by molar-refractivity contribution is -0.722. The number of hydrogen-bond donors (Lipinski definition) is 2. The van der Waals surface area contributed by atoms with Crippen LogP contribution < -0.4 is 10.9 Å². The first-order valence-corrected chi connectivity index (χ1v) is 6.89. The van der Waals surface area contributed by atoms with Gasteiger partial charge in [-0.2, -0.15) is 0 Å². The highest BCUT2D eigenvalue weighted by Gasteiger charge is 2.11. The van der Waals surface area contributed by atoms with E-state index < -0.39 is 5.97 Å². The molecule has 0 unspecified atom stereocenters. The van der Waals surface area contributed by atoms with Crippen LogP contribution in [0.15, 0.2) is 48.5 Å². The number of halogens is 2. The van der Waals surface area contributed by atoms with Crippen molar-refractivity contribution in [2.75, 3.05) is 0 Å². The number of carbonyl (C=O) groups excluding carboxylic acids is 1. The zero-order valence-electron chi connectivity index (χ0n) is 11.0. The molecule has 0 bridgehead atoms. The van der Waals surface area contributed by atoms with Crippen molar-refractivity contribution in [3.8, 4) is 0 Å². The van der Waals surface area contributed by atoms with Gasteiger partial charge in [0.25, 0.3) is 5.84 Å². The molecular formula is C15H13Cl2N2O2+. The van der Waals surface area contributed by atoms with Crippen LogP contribution in [0.2, 0.25) is 10.0 Å². The van der Waals surface area contributed by atoms with E-state index in [2.05, 4.69) is 5.16 Å². The minimum atomic E-state index is -0.513. The van der Waals surface area contributed by atoms with Crippen molar-refractivity contribution in [1.29, 1.82) is 0 Å². The van der Waals surface area contributed by atoms with Crippen molar-refractivity contribution in [1.82, 2.24) is 0 Å². The predicted octanol–water partition coefficient (Wildman–Crippen LogP) is 1.75. The van der Waals surface area contributed by atoms with Gasteiger partial charge >= 0.3 is 5.97 Å². The number of carbonyl (C=O) groups is 1. The second-order valence-electron chi connectivity index (χ2n) is 4.30. The largest absolute Gasteiger partial charge is 0.387 e. The number of benzene rings is 2. The van der Waals surface area contributed by atoms with Crippen molar-refractivity contribution in [3.63, 3.8) is 0 Å². The van der Waals surface area contributed by atoms with Crippen LogP contribution in [0.1, 0.15) is 15.9 Å². The molecule has 0 fully saturated rings. The molecule has 2 rings (SSSR count). The summed E-state index contributed by atoms with van der Waals surface area (Å²) in [7, 11) is 0. The van der Waals surface area contributed by atoms with Crippen LogP contribution in [0.5, 0.6) is 0 Å². The van der Waals surface area contributed by atoms with E-state index in [0.29, 0.717) is 22.0 Å². The fourth-order valence-corrected chi connectivity index (χ4v) is 2.13. The van der Waals surface area contributed by atoms with E-state index in [9.17, 15) is 4.79 Å². The Morgan fingerprint density at radius 2 is 1.86 bits per heavy atom. The molecule has 0 aromatic heterocycles. The van der Waals surface area contributed by atoms with Crippen molar-refractivity contribution >= 4 is 35.0 Å². The summed E-state index contributed by atoms with van der Waals surface area (Å²) in [5.74, 6) is -0.246. The van der Waals surface area contributed by atoms with E-state index >= 15 is 0 Å². The normalized spacial score (nSPS) is 11.2. The summed E-state index contributed by atoms with van der Waals surface area (Å²) >= 11 is 11.9. The van der Waals surface area contributed by atoms with Gasteiger partial charge in [-0.25, -0.2) is 4.79 Å². The fraction of sp³-hybridized carbons (Fsp3) is 0.0667. The Labute approximate surface area is 132 Å². The van der Waals surface area contributed by atoms with Crippen LogP contribution in [0, 0.1) is 0 Å². The van der Waals surface area contributed by atoms with Gasteiger partial charge in [0.15, 0.2) is 0 Å². The molecule has 0 spiro atoms. The summed E-state index contributed by atoms with van der Waals surface area (Å²) in [5.41, 5.74) is 6.99. The molecule has 0 saturated heterocycles. The average molecular weight is 324 g/mol. The lowest BCUT2D eigenvalue weighted by Gasteiger charge is -2.01. The molecule has 0 radical (unpaired) electrons. The Balaban J connectivity index is 2.00. The average Bonchev–Trinajstić information content (AvgIpc) is 2.48. The number of rotatable bonds is 4. The molecule has 2 aromatic rings. The van der Waals surface area contributed by atoms with E-state index in [1.54, 1.807) is 42.5 Å². The van der Waals surface area contributed by atoms with Gasteiger partial charge in [-0.3, -0.25) is 10.6 Å². The molecule has 3 N–H and O–H groups in total. The molecule has 0 amide bonds. The molecule has 0 heterocycles. The molecule has 108 valence electrons. The summed E-state index contributed by atoms with van der Waals surface area (Å²) in [4.78, 5) is 16.6. The first-order valence-electron chi connectivity index (χ1n) is 6.13. The van der Waals surface area contributed by atoms with E-state index in [-0.39, 0.29) is 5.84 Å². The SMILES string of the molecule is NC(Cc1ccc(Cl)cc1Cl)=[NH+]OC(=O)c1ccccc1. The Kier molecular flexibility index (Phi) is 5.20. The minimum Gasteiger partial charge on any atom is -0.288 e. The highest BCUT2D eigenvalue weighted by atomic mass is 35.5. The molecule has 4 nitrogen and oxygen atoms in total. The first kappa shape index (κ1) is 15.4. The highest BCUT2D eigenvalue weighted by molar-refractivity contribution is 6.35. The third-order valence-electron chi connectivity index (χ3n) is 2.68. The summed E-state index contributed by atoms with van der Waals surface area (Å²) in [6.45, 7) is 0. The lowest BCUT2D eigenvalue weighted by atomic mass is 10.1. The van der Waals surface area contributed by atoms with Gasteiger partial charge in [-0.15, -0.1) is 0 Å². The molecule has 6 heteroatoms. The van der Waals surface area contributed by atoms with Crippen LogP contribution in [0.3, 0.4) is 0 Å². The van der Waals surface area contributed by atoms with Crippen LogP contribution in [-0.4, -0.2) is 11.8 Å². The van der Waals surface area contributed by atoms with Gasteiger partial charge < -0.3 is 0 Å². The van der Waals surface area contributed by atoms with Crippen molar-refractivity contribution in [3.05, 3.63) is 69.7 Å². The quantitative estimate of drug-likeness (QED) is 0.390. The summed E-state index contributed by atoms with van der Waals surface area (Å²) in [5, 5.41) is 3.47. The first-order chi connectivity index (χ1) is 10.1. The number of amidine groups is 1. The summed E-state index contributed by atoms with van der Waals surface area (Å²) in [6.07, 6.45) is 0.318. The van der Waals surface area contributed by atoms with Gasteiger partial charge in [0.05, 0.1) is 12.0 Å². The van der Waals surface area contributed by atoms with E-state index in [0.717, 1.165) is 5.56 Å². The molecule has 0 aliphatic rings. The molecule has 2 aromatic carbocycles. The van der Waals surface area contributed by atoms with Crippen LogP contribution in [0.4, 0.5) is 0 Å². The third-order valence-corrected chi connectivity index (χ3v) is 3.27. The predicted molar refractivity (Wildman–Crippen MR) is 82.2 cm³/mol. The molecular weight excluding hydrogens is 311 g/mol. The van der Waals surface area contributed by atoms with Crippen molar-refractivity contribution in [2.24, 2.45) is 5.73 Å². The molecule has 0 aliphatic heterocycles. The van der Waals surface area contributed by atoms with Crippen molar-refractivity contribution < 1.29 is 14.8 Å². The maximum Gasteiger partial charge on any atom is 0.387 e. The van der Waals surface area contributed by atoms with Gasteiger partial charge in [-0.1, -0.05) is 52.6 Å². The van der Waals surface area contributed by atoms with Crippen LogP contribution >= 0.6 is 23.2 Å². The number of nitrogens with one attached hydrogen (secondary N) is 1. The van der Waals surface area contributed by atoms with E-state index in [1.165, 1.54) is 0 Å². The van der Waals surface area contributed by atoms with Gasteiger partial charge in [-0.05, 0) is 29.8 Å². The smallest absolute Gasteiger partial charge is 0.288 e. The molecule has 21 heavy (non-hydrogen) atoms. The van der Waals surface area contributed by atoms with E-state index in [1.807, 2.05) is 6.07 Å². The Bertz CT molecular complexity index is 673. The number of hydrogen-bond acceptors (Lipinski definition) is 2. The van der Waals surface area contributed by atoms with Gasteiger partial charge in [0, 0.05) is 10.0 Å².